The lowest BCUT2D eigenvalue weighted by molar-refractivity contribution is -0.132. The van der Waals surface area contributed by atoms with Crippen LogP contribution in [0.2, 0.25) is 0 Å². The predicted octanol–water partition coefficient (Wildman–Crippen LogP) is 2.88. The number of hydrogen-bond acceptors (Lipinski definition) is 4. The molecule has 0 saturated carbocycles. The van der Waals surface area contributed by atoms with Crippen molar-refractivity contribution in [2.45, 2.75) is 39.2 Å². The fraction of sp³-hybridized carbons (Fsp3) is 0.350. The van der Waals surface area contributed by atoms with Crippen LogP contribution < -0.4 is 5.32 Å². The maximum atomic E-state index is 12.1. The van der Waals surface area contributed by atoms with Crippen LogP contribution in [0.5, 0.6) is 0 Å². The third-order valence-electron chi connectivity index (χ3n) is 4.39. The number of hydrazone groups is 1. The summed E-state index contributed by atoms with van der Waals surface area (Å²) in [4.78, 5) is 24.1. The largest absolute Gasteiger partial charge is 0.467 e. The standard InChI is InChI=1S/C20H23N3O3/c1-2-15-5-7-16(8-6-15)18-9-10-20(25)23(22-18)12-11-19(24)21-14-17-4-3-13-26-17/h3-8,13H,2,9-12,14H2,1H3,(H,21,24). The molecule has 1 aliphatic rings. The molecule has 0 spiro atoms. The topological polar surface area (TPSA) is 74.9 Å². The van der Waals surface area contributed by atoms with Crippen LogP contribution in [0.15, 0.2) is 52.2 Å². The Morgan fingerprint density at radius 2 is 2.04 bits per heavy atom. The smallest absolute Gasteiger partial charge is 0.243 e. The number of carbonyl (C=O) groups excluding carboxylic acids is 2. The van der Waals surface area contributed by atoms with Crippen molar-refractivity contribution in [2.24, 2.45) is 5.10 Å². The minimum Gasteiger partial charge on any atom is -0.467 e. The van der Waals surface area contributed by atoms with Crippen molar-refractivity contribution in [1.82, 2.24) is 10.3 Å². The summed E-state index contributed by atoms with van der Waals surface area (Å²) in [5, 5.41) is 8.66. The van der Waals surface area contributed by atoms with Crippen LogP contribution in [0.4, 0.5) is 0 Å². The maximum Gasteiger partial charge on any atom is 0.243 e. The molecule has 1 aliphatic heterocycles. The van der Waals surface area contributed by atoms with Gasteiger partial charge in [0.15, 0.2) is 0 Å². The molecule has 1 N–H and O–H groups in total. The van der Waals surface area contributed by atoms with E-state index in [2.05, 4.69) is 29.5 Å². The van der Waals surface area contributed by atoms with E-state index in [1.165, 1.54) is 10.6 Å². The highest BCUT2D eigenvalue weighted by Crippen LogP contribution is 2.16. The van der Waals surface area contributed by atoms with Gasteiger partial charge in [0.25, 0.3) is 0 Å². The lowest BCUT2D eigenvalue weighted by Crippen LogP contribution is -2.35. The van der Waals surface area contributed by atoms with Crippen molar-refractivity contribution >= 4 is 17.5 Å². The molecule has 0 aliphatic carbocycles. The lowest BCUT2D eigenvalue weighted by atomic mass is 10.0. The molecule has 2 heterocycles. The molecule has 2 aromatic rings. The van der Waals surface area contributed by atoms with Gasteiger partial charge in [-0.05, 0) is 29.7 Å². The van der Waals surface area contributed by atoms with Crippen LogP contribution >= 0.6 is 0 Å². The van der Waals surface area contributed by atoms with Crippen molar-refractivity contribution in [1.29, 1.82) is 0 Å². The summed E-state index contributed by atoms with van der Waals surface area (Å²) in [5.74, 6) is 0.518. The number of aryl methyl sites for hydroxylation is 1. The molecule has 0 radical (unpaired) electrons. The highest BCUT2D eigenvalue weighted by molar-refractivity contribution is 6.04. The van der Waals surface area contributed by atoms with E-state index in [0.29, 0.717) is 25.1 Å². The molecule has 0 bridgehead atoms. The summed E-state index contributed by atoms with van der Waals surface area (Å²) in [6.07, 6.45) is 3.81. The minimum atomic E-state index is -0.135. The number of nitrogens with one attached hydrogen (secondary N) is 1. The van der Waals surface area contributed by atoms with Gasteiger partial charge in [-0.2, -0.15) is 5.10 Å². The number of hydrogen-bond donors (Lipinski definition) is 1. The molecule has 3 rings (SSSR count). The van der Waals surface area contributed by atoms with E-state index in [4.69, 9.17) is 4.42 Å². The summed E-state index contributed by atoms with van der Waals surface area (Å²) < 4.78 is 5.17. The van der Waals surface area contributed by atoms with E-state index < -0.39 is 0 Å². The van der Waals surface area contributed by atoms with Crippen molar-refractivity contribution in [3.8, 4) is 0 Å². The molecule has 6 heteroatoms. The molecule has 0 unspecified atom stereocenters. The van der Waals surface area contributed by atoms with Gasteiger partial charge in [-0.25, -0.2) is 5.01 Å². The molecule has 6 nitrogen and oxygen atoms in total. The number of benzene rings is 1. The van der Waals surface area contributed by atoms with E-state index >= 15 is 0 Å². The van der Waals surface area contributed by atoms with Crippen LogP contribution in [-0.4, -0.2) is 29.1 Å². The van der Waals surface area contributed by atoms with Crippen LogP contribution in [0.25, 0.3) is 0 Å². The number of rotatable bonds is 7. The third-order valence-corrected chi connectivity index (χ3v) is 4.39. The van der Waals surface area contributed by atoms with Gasteiger partial charge in [0.05, 0.1) is 25.1 Å². The van der Waals surface area contributed by atoms with E-state index in [1.807, 2.05) is 12.1 Å². The Morgan fingerprint density at radius 1 is 1.23 bits per heavy atom. The first-order valence-electron chi connectivity index (χ1n) is 8.92. The molecule has 0 saturated heterocycles. The van der Waals surface area contributed by atoms with Gasteiger partial charge >= 0.3 is 0 Å². The Morgan fingerprint density at radius 3 is 2.73 bits per heavy atom. The number of amides is 2. The normalized spacial score (nSPS) is 14.3. The van der Waals surface area contributed by atoms with E-state index in [1.54, 1.807) is 18.4 Å². The van der Waals surface area contributed by atoms with Crippen LogP contribution in [-0.2, 0) is 22.6 Å². The quantitative estimate of drug-likeness (QED) is 0.832. The summed E-state index contributed by atoms with van der Waals surface area (Å²) in [6.45, 7) is 2.74. The van der Waals surface area contributed by atoms with Gasteiger partial charge in [-0.15, -0.1) is 0 Å². The van der Waals surface area contributed by atoms with Crippen molar-refractivity contribution in [2.75, 3.05) is 6.54 Å². The van der Waals surface area contributed by atoms with Gasteiger partial charge in [-0.1, -0.05) is 31.2 Å². The molecule has 0 fully saturated rings. The van der Waals surface area contributed by atoms with E-state index in [-0.39, 0.29) is 24.8 Å². The van der Waals surface area contributed by atoms with Gasteiger partial charge in [0.1, 0.15) is 5.76 Å². The highest BCUT2D eigenvalue weighted by Gasteiger charge is 2.21. The summed E-state index contributed by atoms with van der Waals surface area (Å²) in [7, 11) is 0. The van der Waals surface area contributed by atoms with Gasteiger partial charge in [0, 0.05) is 19.3 Å². The molecular formula is C20H23N3O3. The summed E-state index contributed by atoms with van der Waals surface area (Å²) in [5.41, 5.74) is 3.19. The van der Waals surface area contributed by atoms with Crippen LogP contribution in [0, 0.1) is 0 Å². The molecular weight excluding hydrogens is 330 g/mol. The molecule has 1 aromatic heterocycles. The average Bonchev–Trinajstić information content (AvgIpc) is 3.19. The molecule has 136 valence electrons. The van der Waals surface area contributed by atoms with Crippen LogP contribution in [0.1, 0.15) is 43.1 Å². The van der Waals surface area contributed by atoms with Gasteiger partial charge in [-0.3, -0.25) is 9.59 Å². The van der Waals surface area contributed by atoms with Gasteiger partial charge < -0.3 is 9.73 Å². The Labute approximate surface area is 152 Å². The SMILES string of the molecule is CCc1ccc(C2=NN(CCC(=O)NCc3ccco3)C(=O)CC2)cc1. The summed E-state index contributed by atoms with van der Waals surface area (Å²) >= 11 is 0. The Bertz CT molecular complexity index is 779. The number of furan rings is 1. The fourth-order valence-corrected chi connectivity index (χ4v) is 2.81. The average molecular weight is 353 g/mol. The zero-order chi connectivity index (χ0) is 18.4. The molecule has 2 amide bonds. The van der Waals surface area contributed by atoms with E-state index in [9.17, 15) is 9.59 Å². The Kier molecular flexibility index (Phi) is 5.84. The van der Waals surface area contributed by atoms with Gasteiger partial charge in [0.2, 0.25) is 11.8 Å². The third kappa shape index (κ3) is 4.59. The lowest BCUT2D eigenvalue weighted by Gasteiger charge is -2.23. The second-order valence-electron chi connectivity index (χ2n) is 6.22. The maximum absolute atomic E-state index is 12.1. The molecule has 0 atom stereocenters. The first kappa shape index (κ1) is 17.9. The molecule has 1 aromatic carbocycles. The summed E-state index contributed by atoms with van der Waals surface area (Å²) in [6, 6.07) is 11.8. The Balaban J connectivity index is 1.56. The number of carbonyl (C=O) groups is 2. The zero-order valence-electron chi connectivity index (χ0n) is 14.9. The first-order valence-corrected chi connectivity index (χ1v) is 8.92. The van der Waals surface area contributed by atoms with E-state index in [0.717, 1.165) is 17.7 Å². The zero-order valence-corrected chi connectivity index (χ0v) is 14.9. The molecule has 26 heavy (non-hydrogen) atoms. The minimum absolute atomic E-state index is 0.0437. The highest BCUT2D eigenvalue weighted by atomic mass is 16.3. The second-order valence-corrected chi connectivity index (χ2v) is 6.22. The van der Waals surface area contributed by atoms with Crippen molar-refractivity contribution in [3.63, 3.8) is 0 Å². The predicted molar refractivity (Wildman–Crippen MR) is 98.5 cm³/mol. The van der Waals surface area contributed by atoms with Crippen molar-refractivity contribution < 1.29 is 14.0 Å². The monoisotopic (exact) mass is 353 g/mol. The van der Waals surface area contributed by atoms with Crippen molar-refractivity contribution in [3.05, 3.63) is 59.5 Å². The fourth-order valence-electron chi connectivity index (χ4n) is 2.81. The van der Waals surface area contributed by atoms with Crippen LogP contribution in [0.3, 0.4) is 0 Å². The second kappa shape index (κ2) is 8.47. The number of nitrogens with zero attached hydrogens (tertiary/aromatic N) is 2. The first-order chi connectivity index (χ1) is 12.7. The Hall–Kier alpha value is -2.89.